The predicted molar refractivity (Wildman–Crippen MR) is 76.5 cm³/mol. The minimum atomic E-state index is -0.762. The Kier molecular flexibility index (Phi) is 10.3. The highest BCUT2D eigenvalue weighted by molar-refractivity contribution is 7.99. The van der Waals surface area contributed by atoms with Crippen molar-refractivity contribution >= 4 is 17.7 Å². The topological polar surface area (TPSA) is 87.0 Å². The van der Waals surface area contributed by atoms with E-state index in [2.05, 4.69) is 0 Å². The molecule has 0 amide bonds. The van der Waals surface area contributed by atoms with E-state index in [1.165, 1.54) is 0 Å². The molecule has 0 saturated carbocycles. The Balaban J connectivity index is 3.57. The monoisotopic (exact) mass is 294 g/mol. The summed E-state index contributed by atoms with van der Waals surface area (Å²) in [7, 11) is 0. The third kappa shape index (κ3) is 7.77. The first-order chi connectivity index (χ1) is 9.01. The van der Waals surface area contributed by atoms with E-state index >= 15 is 0 Å². The molecule has 0 aliphatic carbocycles. The minimum Gasteiger partial charge on any atom is -0.481 e. The van der Waals surface area contributed by atoms with Crippen LogP contribution in [-0.4, -0.2) is 59.2 Å². The van der Waals surface area contributed by atoms with Gasteiger partial charge < -0.3 is 20.1 Å². The van der Waals surface area contributed by atoms with Crippen LogP contribution in [0.3, 0.4) is 0 Å². The van der Waals surface area contributed by atoms with Crippen LogP contribution in [0.5, 0.6) is 0 Å². The lowest BCUT2D eigenvalue weighted by molar-refractivity contribution is -0.140. The maximum atomic E-state index is 10.6. The molecule has 5 nitrogen and oxygen atoms in total. The van der Waals surface area contributed by atoms with Crippen molar-refractivity contribution < 1.29 is 24.9 Å². The van der Waals surface area contributed by atoms with Crippen molar-refractivity contribution in [1.29, 1.82) is 0 Å². The Bertz CT molecular complexity index is 235. The molecule has 1 unspecified atom stereocenters. The summed E-state index contributed by atoms with van der Waals surface area (Å²) in [6, 6.07) is 0. The quantitative estimate of drug-likeness (QED) is 0.469. The Morgan fingerprint density at radius 2 is 2.00 bits per heavy atom. The van der Waals surface area contributed by atoms with Gasteiger partial charge in [-0.3, -0.25) is 4.79 Å². The standard InChI is InChI=1S/C13H26O5S/c1-3-13(8-14,9-15)10-18-5-4-6-19-7-11(2)12(16)17/h11,14-15H,3-10H2,1-2H3,(H,16,17). The molecule has 0 aliphatic rings. The lowest BCUT2D eigenvalue weighted by Crippen LogP contribution is -2.34. The first-order valence-electron chi connectivity index (χ1n) is 6.61. The zero-order chi connectivity index (χ0) is 14.7. The van der Waals surface area contributed by atoms with Gasteiger partial charge >= 0.3 is 5.97 Å². The maximum absolute atomic E-state index is 10.6. The van der Waals surface area contributed by atoms with Crippen molar-refractivity contribution in [2.45, 2.75) is 26.7 Å². The van der Waals surface area contributed by atoms with Crippen LogP contribution in [-0.2, 0) is 9.53 Å². The lowest BCUT2D eigenvalue weighted by atomic mass is 9.88. The molecule has 0 saturated heterocycles. The van der Waals surface area contributed by atoms with Gasteiger partial charge in [-0.25, -0.2) is 0 Å². The van der Waals surface area contributed by atoms with Crippen molar-refractivity contribution in [2.75, 3.05) is 37.9 Å². The summed E-state index contributed by atoms with van der Waals surface area (Å²) in [5.41, 5.74) is -0.537. The van der Waals surface area contributed by atoms with Crippen molar-refractivity contribution in [3.05, 3.63) is 0 Å². The number of carbonyl (C=O) groups is 1. The molecule has 19 heavy (non-hydrogen) atoms. The molecule has 0 aliphatic heterocycles. The number of aliphatic hydroxyl groups is 2. The summed E-state index contributed by atoms with van der Waals surface area (Å²) >= 11 is 1.61. The Labute approximate surface area is 119 Å². The highest BCUT2D eigenvalue weighted by Crippen LogP contribution is 2.20. The number of carboxylic acids is 1. The zero-order valence-electron chi connectivity index (χ0n) is 11.8. The smallest absolute Gasteiger partial charge is 0.307 e. The normalized spacial score (nSPS) is 13.5. The summed E-state index contributed by atoms with van der Waals surface area (Å²) in [5, 5.41) is 27.2. The Morgan fingerprint density at radius 1 is 1.37 bits per heavy atom. The van der Waals surface area contributed by atoms with Gasteiger partial charge in [-0.2, -0.15) is 11.8 Å². The molecule has 0 radical (unpaired) electrons. The second kappa shape index (κ2) is 10.5. The summed E-state index contributed by atoms with van der Waals surface area (Å²) in [5.74, 6) is 0.390. The van der Waals surface area contributed by atoms with Gasteiger partial charge in [0.2, 0.25) is 0 Å². The van der Waals surface area contributed by atoms with Crippen molar-refractivity contribution in [2.24, 2.45) is 11.3 Å². The summed E-state index contributed by atoms with van der Waals surface area (Å²) in [4.78, 5) is 10.6. The van der Waals surface area contributed by atoms with Crippen LogP contribution in [0, 0.1) is 11.3 Å². The van der Waals surface area contributed by atoms with Crippen LogP contribution in [0.4, 0.5) is 0 Å². The van der Waals surface area contributed by atoms with Gasteiger partial charge in [0.05, 0.1) is 25.7 Å². The SMILES string of the molecule is CCC(CO)(CO)COCCCSCC(C)C(=O)O. The van der Waals surface area contributed by atoms with Crippen molar-refractivity contribution in [3.63, 3.8) is 0 Å². The molecule has 0 heterocycles. The van der Waals surface area contributed by atoms with E-state index in [-0.39, 0.29) is 19.1 Å². The zero-order valence-corrected chi connectivity index (χ0v) is 12.6. The van der Waals surface area contributed by atoms with E-state index in [4.69, 9.17) is 9.84 Å². The fourth-order valence-electron chi connectivity index (χ4n) is 1.35. The van der Waals surface area contributed by atoms with Gasteiger partial charge in [-0.1, -0.05) is 13.8 Å². The molecule has 6 heteroatoms. The summed E-state index contributed by atoms with van der Waals surface area (Å²) in [6.07, 6.45) is 1.51. The fourth-order valence-corrected chi connectivity index (χ4v) is 2.33. The first kappa shape index (κ1) is 18.7. The number of carboxylic acid groups (broad SMARTS) is 1. The molecule has 0 bridgehead atoms. The highest BCUT2D eigenvalue weighted by Gasteiger charge is 2.26. The lowest BCUT2D eigenvalue weighted by Gasteiger charge is -2.27. The largest absolute Gasteiger partial charge is 0.481 e. The van der Waals surface area contributed by atoms with Crippen molar-refractivity contribution in [3.8, 4) is 0 Å². The van der Waals surface area contributed by atoms with Crippen LogP contribution in [0.1, 0.15) is 26.7 Å². The number of hydrogen-bond donors (Lipinski definition) is 3. The predicted octanol–water partition coefficient (Wildman–Crippen LogP) is 1.23. The van der Waals surface area contributed by atoms with Gasteiger partial charge in [0, 0.05) is 17.8 Å². The van der Waals surface area contributed by atoms with Crippen LogP contribution < -0.4 is 0 Å². The van der Waals surface area contributed by atoms with Gasteiger partial charge in [-0.15, -0.1) is 0 Å². The van der Waals surface area contributed by atoms with Gasteiger partial charge in [0.15, 0.2) is 0 Å². The summed E-state index contributed by atoms with van der Waals surface area (Å²) in [6.45, 7) is 4.38. The molecule has 0 aromatic carbocycles. The number of thioether (sulfide) groups is 1. The van der Waals surface area contributed by atoms with Gasteiger partial charge in [0.25, 0.3) is 0 Å². The average Bonchev–Trinajstić information content (AvgIpc) is 2.42. The van der Waals surface area contributed by atoms with Crippen molar-refractivity contribution in [1.82, 2.24) is 0 Å². The molecule has 0 rings (SSSR count). The molecular formula is C13H26O5S. The average molecular weight is 294 g/mol. The summed E-state index contributed by atoms with van der Waals surface area (Å²) < 4.78 is 5.48. The molecule has 1 atom stereocenters. The number of hydrogen-bond acceptors (Lipinski definition) is 5. The third-order valence-corrected chi connectivity index (χ3v) is 4.51. The number of aliphatic hydroxyl groups excluding tert-OH is 2. The second-order valence-electron chi connectivity index (χ2n) is 4.89. The Hall–Kier alpha value is -0.300. The highest BCUT2D eigenvalue weighted by atomic mass is 32.2. The van der Waals surface area contributed by atoms with E-state index in [1.54, 1.807) is 18.7 Å². The molecule has 0 aromatic rings. The van der Waals surface area contributed by atoms with Crippen LogP contribution in [0.25, 0.3) is 0 Å². The number of ether oxygens (including phenoxy) is 1. The molecule has 0 spiro atoms. The molecule has 114 valence electrons. The second-order valence-corrected chi connectivity index (χ2v) is 6.04. The van der Waals surface area contributed by atoms with Crippen LogP contribution >= 0.6 is 11.8 Å². The third-order valence-electron chi connectivity index (χ3n) is 3.20. The Morgan fingerprint density at radius 3 is 2.47 bits per heavy atom. The number of aliphatic carboxylic acids is 1. The van der Waals surface area contributed by atoms with E-state index < -0.39 is 11.4 Å². The fraction of sp³-hybridized carbons (Fsp3) is 0.923. The van der Waals surface area contributed by atoms with E-state index in [9.17, 15) is 15.0 Å². The molecule has 3 N–H and O–H groups in total. The maximum Gasteiger partial charge on any atom is 0.307 e. The van der Waals surface area contributed by atoms with Gasteiger partial charge in [-0.05, 0) is 18.6 Å². The minimum absolute atomic E-state index is 0.0785. The van der Waals surface area contributed by atoms with Crippen LogP contribution in [0.2, 0.25) is 0 Å². The molecular weight excluding hydrogens is 268 g/mol. The van der Waals surface area contributed by atoms with Crippen LogP contribution in [0.15, 0.2) is 0 Å². The number of rotatable bonds is 12. The molecule has 0 aromatic heterocycles. The van der Waals surface area contributed by atoms with Gasteiger partial charge in [0.1, 0.15) is 0 Å². The van der Waals surface area contributed by atoms with E-state index in [1.807, 2.05) is 6.92 Å². The molecule has 0 fully saturated rings. The van der Waals surface area contributed by atoms with E-state index in [0.29, 0.717) is 25.4 Å². The first-order valence-corrected chi connectivity index (χ1v) is 7.77. The van der Waals surface area contributed by atoms with E-state index in [0.717, 1.165) is 12.2 Å².